The minimum absolute atomic E-state index is 0.101. The number of halogens is 1. The molecule has 2 aromatic carbocycles. The van der Waals surface area contributed by atoms with Gasteiger partial charge in [0.05, 0.1) is 6.04 Å². The monoisotopic (exact) mass is 425 g/mol. The van der Waals surface area contributed by atoms with Crippen LogP contribution in [0.3, 0.4) is 0 Å². The lowest BCUT2D eigenvalue weighted by Crippen LogP contribution is -2.23. The lowest BCUT2D eigenvalue weighted by Gasteiger charge is -2.26. The van der Waals surface area contributed by atoms with Crippen LogP contribution in [0.5, 0.6) is 0 Å². The molecule has 1 N–H and O–H groups in total. The van der Waals surface area contributed by atoms with E-state index in [4.69, 9.17) is 0 Å². The highest BCUT2D eigenvalue weighted by Gasteiger charge is 2.26. The quantitative estimate of drug-likeness (QED) is 0.590. The number of anilines is 1. The third-order valence-electron chi connectivity index (χ3n) is 5.35. The van der Waals surface area contributed by atoms with Crippen molar-refractivity contribution in [3.8, 4) is 0 Å². The average molecular weight is 426 g/mol. The Labute approximate surface area is 168 Å². The van der Waals surface area contributed by atoms with Gasteiger partial charge in [-0.1, -0.05) is 65.5 Å². The summed E-state index contributed by atoms with van der Waals surface area (Å²) in [7, 11) is 0. The van der Waals surface area contributed by atoms with E-state index in [9.17, 15) is 0 Å². The van der Waals surface area contributed by atoms with E-state index in [1.165, 1.54) is 24.8 Å². The molecule has 0 aliphatic heterocycles. The molecule has 27 heavy (non-hydrogen) atoms. The van der Waals surface area contributed by atoms with Gasteiger partial charge in [-0.2, -0.15) is 0 Å². The van der Waals surface area contributed by atoms with Gasteiger partial charge in [0, 0.05) is 10.2 Å². The Bertz CT molecular complexity index is 884. The molecule has 140 valence electrons. The summed E-state index contributed by atoms with van der Waals surface area (Å²) in [6, 6.07) is 17.0. The lowest BCUT2D eigenvalue weighted by atomic mass is 9.95. The van der Waals surface area contributed by atoms with Crippen LogP contribution in [0.4, 0.5) is 5.69 Å². The summed E-state index contributed by atoms with van der Waals surface area (Å²) in [4.78, 5) is 0. The average Bonchev–Trinajstić information content (AvgIpc) is 3.18. The van der Waals surface area contributed by atoms with Crippen LogP contribution in [0, 0.1) is 6.92 Å². The molecular formula is C21H24BrN5. The van der Waals surface area contributed by atoms with Crippen LogP contribution in [0.2, 0.25) is 0 Å². The standard InChI is InChI=1S/C21H24BrN5/c1-15-7-5-6-10-19(15)23-20(16-11-13-17(22)14-12-16)21-24-25-26-27(21)18-8-3-2-4-9-18/h5-7,10-14,18,20,23H,2-4,8-9H2,1H3/t20-/m0/s1. The second kappa shape index (κ2) is 8.21. The van der Waals surface area contributed by atoms with E-state index in [0.29, 0.717) is 6.04 Å². The first-order valence-electron chi connectivity index (χ1n) is 9.58. The van der Waals surface area contributed by atoms with Crippen molar-refractivity contribution in [1.82, 2.24) is 20.2 Å². The molecule has 6 heteroatoms. The number of benzene rings is 2. The minimum Gasteiger partial charge on any atom is -0.371 e. The first-order valence-corrected chi connectivity index (χ1v) is 10.4. The fraction of sp³-hybridized carbons (Fsp3) is 0.381. The molecule has 1 heterocycles. The molecule has 0 spiro atoms. The zero-order valence-electron chi connectivity index (χ0n) is 15.5. The van der Waals surface area contributed by atoms with E-state index in [1.807, 2.05) is 0 Å². The van der Waals surface area contributed by atoms with E-state index in [2.05, 4.69) is 96.9 Å². The smallest absolute Gasteiger partial charge is 0.178 e. The van der Waals surface area contributed by atoms with Gasteiger partial charge < -0.3 is 5.32 Å². The van der Waals surface area contributed by atoms with Crippen molar-refractivity contribution in [1.29, 1.82) is 0 Å². The Hall–Kier alpha value is -2.21. The van der Waals surface area contributed by atoms with Crippen LogP contribution < -0.4 is 5.32 Å². The number of nitrogens with one attached hydrogen (secondary N) is 1. The Balaban J connectivity index is 1.73. The van der Waals surface area contributed by atoms with Crippen molar-refractivity contribution >= 4 is 21.6 Å². The van der Waals surface area contributed by atoms with Gasteiger partial charge in [-0.3, -0.25) is 0 Å². The van der Waals surface area contributed by atoms with Gasteiger partial charge >= 0.3 is 0 Å². The second-order valence-electron chi connectivity index (χ2n) is 7.22. The van der Waals surface area contributed by atoms with Gasteiger partial charge in [-0.25, -0.2) is 4.68 Å². The summed E-state index contributed by atoms with van der Waals surface area (Å²) in [6.45, 7) is 2.12. The summed E-state index contributed by atoms with van der Waals surface area (Å²) in [5.74, 6) is 0.882. The van der Waals surface area contributed by atoms with Crippen molar-refractivity contribution in [2.75, 3.05) is 5.32 Å². The Morgan fingerprint density at radius 3 is 2.52 bits per heavy atom. The number of nitrogens with zero attached hydrogens (tertiary/aromatic N) is 4. The lowest BCUT2D eigenvalue weighted by molar-refractivity contribution is 0.315. The van der Waals surface area contributed by atoms with Crippen LogP contribution in [0.25, 0.3) is 0 Å². The normalized spacial score (nSPS) is 16.2. The van der Waals surface area contributed by atoms with E-state index >= 15 is 0 Å². The Morgan fingerprint density at radius 1 is 1.04 bits per heavy atom. The predicted molar refractivity (Wildman–Crippen MR) is 111 cm³/mol. The molecule has 1 aliphatic carbocycles. The molecule has 0 saturated heterocycles. The molecule has 0 amide bonds. The highest BCUT2D eigenvalue weighted by molar-refractivity contribution is 9.10. The first kappa shape index (κ1) is 18.2. The molecule has 1 aromatic heterocycles. The number of tetrazole rings is 1. The summed E-state index contributed by atoms with van der Waals surface area (Å²) < 4.78 is 3.12. The summed E-state index contributed by atoms with van der Waals surface area (Å²) in [5.41, 5.74) is 3.45. The van der Waals surface area contributed by atoms with Gasteiger partial charge in [0.15, 0.2) is 5.82 Å². The number of hydrogen-bond donors (Lipinski definition) is 1. The van der Waals surface area contributed by atoms with E-state index in [1.54, 1.807) is 0 Å². The number of aromatic nitrogens is 4. The maximum absolute atomic E-state index is 4.44. The molecule has 5 nitrogen and oxygen atoms in total. The van der Waals surface area contributed by atoms with Crippen molar-refractivity contribution in [2.45, 2.75) is 51.1 Å². The second-order valence-corrected chi connectivity index (χ2v) is 8.13. The fourth-order valence-electron chi connectivity index (χ4n) is 3.82. The number of hydrogen-bond acceptors (Lipinski definition) is 4. The van der Waals surface area contributed by atoms with Crippen LogP contribution in [-0.4, -0.2) is 20.2 Å². The van der Waals surface area contributed by atoms with Gasteiger partial charge in [-0.05, 0) is 59.5 Å². The highest BCUT2D eigenvalue weighted by atomic mass is 79.9. The molecule has 3 aromatic rings. The Kier molecular flexibility index (Phi) is 5.53. The van der Waals surface area contributed by atoms with E-state index < -0.39 is 0 Å². The van der Waals surface area contributed by atoms with Crippen molar-refractivity contribution in [3.05, 3.63) is 70.0 Å². The van der Waals surface area contributed by atoms with Gasteiger partial charge in [0.2, 0.25) is 0 Å². The maximum Gasteiger partial charge on any atom is 0.178 e. The van der Waals surface area contributed by atoms with Crippen LogP contribution in [0.15, 0.2) is 53.0 Å². The predicted octanol–water partition coefficient (Wildman–Crippen LogP) is 5.45. The summed E-state index contributed by atoms with van der Waals surface area (Å²) >= 11 is 3.53. The molecular weight excluding hydrogens is 402 g/mol. The summed E-state index contributed by atoms with van der Waals surface area (Å²) in [6.07, 6.45) is 6.10. The van der Waals surface area contributed by atoms with Crippen molar-refractivity contribution in [3.63, 3.8) is 0 Å². The Morgan fingerprint density at radius 2 is 1.78 bits per heavy atom. The zero-order chi connectivity index (χ0) is 18.6. The van der Waals surface area contributed by atoms with E-state index in [0.717, 1.165) is 34.4 Å². The largest absolute Gasteiger partial charge is 0.371 e. The minimum atomic E-state index is -0.101. The molecule has 0 unspecified atom stereocenters. The molecule has 1 atom stereocenters. The molecule has 0 bridgehead atoms. The molecule has 1 aliphatic rings. The maximum atomic E-state index is 4.44. The highest BCUT2D eigenvalue weighted by Crippen LogP contribution is 2.33. The third kappa shape index (κ3) is 4.05. The molecule has 4 rings (SSSR count). The molecule has 1 saturated carbocycles. The topological polar surface area (TPSA) is 55.6 Å². The fourth-order valence-corrected chi connectivity index (χ4v) is 4.08. The van der Waals surface area contributed by atoms with Crippen LogP contribution >= 0.6 is 15.9 Å². The zero-order valence-corrected chi connectivity index (χ0v) is 17.1. The van der Waals surface area contributed by atoms with Crippen LogP contribution in [-0.2, 0) is 0 Å². The number of para-hydroxylation sites is 1. The van der Waals surface area contributed by atoms with Gasteiger partial charge in [0.1, 0.15) is 6.04 Å². The van der Waals surface area contributed by atoms with E-state index in [-0.39, 0.29) is 6.04 Å². The molecule has 0 radical (unpaired) electrons. The third-order valence-corrected chi connectivity index (χ3v) is 5.87. The van der Waals surface area contributed by atoms with Crippen molar-refractivity contribution < 1.29 is 0 Å². The van der Waals surface area contributed by atoms with Gasteiger partial charge in [0.25, 0.3) is 0 Å². The van der Waals surface area contributed by atoms with Crippen LogP contribution in [0.1, 0.15) is 61.1 Å². The van der Waals surface area contributed by atoms with Crippen molar-refractivity contribution in [2.24, 2.45) is 0 Å². The SMILES string of the molecule is Cc1ccccc1N[C@@H](c1ccc(Br)cc1)c1nnnn1C1CCCCC1. The van der Waals surface area contributed by atoms with Gasteiger partial charge in [-0.15, -0.1) is 5.10 Å². The molecule has 1 fully saturated rings. The first-order chi connectivity index (χ1) is 13.2. The number of rotatable bonds is 5. The number of aryl methyl sites for hydroxylation is 1. The summed E-state index contributed by atoms with van der Waals surface area (Å²) in [5, 5.41) is 16.5.